The first-order valence-electron chi connectivity index (χ1n) is 5.85. The largest absolute Gasteiger partial charge is 0.496 e. The monoisotopic (exact) mass is 281 g/mol. The number of nitrogens with zero attached hydrogens (tertiary/aromatic N) is 2. The number of halogens is 1. The molecule has 0 aliphatic rings. The fourth-order valence-electron chi connectivity index (χ4n) is 1.55. The number of benzene rings is 1. The lowest BCUT2D eigenvalue weighted by Crippen LogP contribution is -2.26. The highest BCUT2D eigenvalue weighted by Gasteiger charge is 2.17. The van der Waals surface area contributed by atoms with Crippen LogP contribution in [0, 0.1) is 0 Å². The second-order valence-corrected chi connectivity index (χ2v) is 5.58. The first kappa shape index (κ1) is 13.7. The second kappa shape index (κ2) is 5.09. The zero-order valence-corrected chi connectivity index (χ0v) is 12.1. The van der Waals surface area contributed by atoms with Gasteiger partial charge in [0.1, 0.15) is 5.75 Å². The summed E-state index contributed by atoms with van der Waals surface area (Å²) in [5.74, 6) is 1.07. The highest BCUT2D eigenvalue weighted by atomic mass is 35.5. The average Bonchev–Trinajstić information content (AvgIpc) is 2.74. The van der Waals surface area contributed by atoms with E-state index in [0.717, 1.165) is 5.56 Å². The molecular formula is C13H16ClN3O2. The lowest BCUT2D eigenvalue weighted by Gasteiger charge is -2.17. The van der Waals surface area contributed by atoms with E-state index in [9.17, 15) is 0 Å². The zero-order valence-electron chi connectivity index (χ0n) is 11.3. The summed E-state index contributed by atoms with van der Waals surface area (Å²) < 4.78 is 10.4. The lowest BCUT2D eigenvalue weighted by atomic mass is 10.1. The maximum absolute atomic E-state index is 5.92. The van der Waals surface area contributed by atoms with E-state index in [1.807, 2.05) is 20.8 Å². The molecule has 2 rings (SSSR count). The SMILES string of the molecule is COc1cc(Cl)ccc1-c1noc(NC(C)(C)C)n1. The number of hydrogen-bond acceptors (Lipinski definition) is 5. The molecule has 0 aliphatic heterocycles. The van der Waals surface area contributed by atoms with Gasteiger partial charge in [0.2, 0.25) is 5.82 Å². The Labute approximate surface area is 116 Å². The number of ether oxygens (including phenoxy) is 1. The quantitative estimate of drug-likeness (QED) is 0.931. The van der Waals surface area contributed by atoms with Gasteiger partial charge in [-0.3, -0.25) is 0 Å². The van der Waals surface area contributed by atoms with Crippen LogP contribution in [0.25, 0.3) is 11.4 Å². The van der Waals surface area contributed by atoms with Gasteiger partial charge in [0.15, 0.2) is 0 Å². The van der Waals surface area contributed by atoms with Crippen molar-refractivity contribution in [1.29, 1.82) is 0 Å². The summed E-state index contributed by atoms with van der Waals surface area (Å²) in [5.41, 5.74) is 0.589. The van der Waals surface area contributed by atoms with Gasteiger partial charge in [-0.25, -0.2) is 0 Å². The standard InChI is InChI=1S/C13H16ClN3O2/c1-13(2,3)16-12-15-11(17-19-12)9-6-5-8(14)7-10(9)18-4/h5-7H,1-4H3,(H,15,16,17). The van der Waals surface area contributed by atoms with Gasteiger partial charge in [0, 0.05) is 10.6 Å². The Morgan fingerprint density at radius 3 is 2.68 bits per heavy atom. The smallest absolute Gasteiger partial charge is 0.322 e. The minimum Gasteiger partial charge on any atom is -0.496 e. The predicted octanol–water partition coefficient (Wildman–Crippen LogP) is 3.61. The van der Waals surface area contributed by atoms with E-state index < -0.39 is 0 Å². The zero-order chi connectivity index (χ0) is 14.0. The Morgan fingerprint density at radius 2 is 2.05 bits per heavy atom. The van der Waals surface area contributed by atoms with Crippen LogP contribution < -0.4 is 10.1 Å². The summed E-state index contributed by atoms with van der Waals surface area (Å²) in [6.45, 7) is 6.04. The number of nitrogens with one attached hydrogen (secondary N) is 1. The van der Waals surface area contributed by atoms with Crippen LogP contribution in [0.5, 0.6) is 5.75 Å². The van der Waals surface area contributed by atoms with Crippen LogP contribution >= 0.6 is 11.6 Å². The van der Waals surface area contributed by atoms with E-state index in [0.29, 0.717) is 22.6 Å². The van der Waals surface area contributed by atoms with Crippen molar-refractivity contribution < 1.29 is 9.26 Å². The normalized spacial score (nSPS) is 11.4. The van der Waals surface area contributed by atoms with Crippen LogP contribution in [-0.2, 0) is 0 Å². The molecule has 19 heavy (non-hydrogen) atoms. The van der Waals surface area contributed by atoms with Crippen molar-refractivity contribution in [3.05, 3.63) is 23.2 Å². The molecule has 1 heterocycles. The molecule has 0 amide bonds. The summed E-state index contributed by atoms with van der Waals surface area (Å²) >= 11 is 5.92. The molecule has 0 saturated heterocycles. The third kappa shape index (κ3) is 3.38. The topological polar surface area (TPSA) is 60.2 Å². The second-order valence-electron chi connectivity index (χ2n) is 5.14. The van der Waals surface area contributed by atoms with Crippen molar-refractivity contribution in [2.24, 2.45) is 0 Å². The van der Waals surface area contributed by atoms with E-state index in [1.54, 1.807) is 25.3 Å². The number of anilines is 1. The van der Waals surface area contributed by atoms with Crippen LogP contribution in [0.15, 0.2) is 22.7 Å². The Bertz CT molecular complexity index is 576. The fourth-order valence-corrected chi connectivity index (χ4v) is 1.72. The molecule has 1 aromatic carbocycles. The Hall–Kier alpha value is -1.75. The van der Waals surface area contributed by atoms with Crippen molar-refractivity contribution in [3.63, 3.8) is 0 Å². The van der Waals surface area contributed by atoms with Gasteiger partial charge in [-0.1, -0.05) is 16.8 Å². The molecule has 0 aliphatic carbocycles. The highest BCUT2D eigenvalue weighted by molar-refractivity contribution is 6.30. The maximum atomic E-state index is 5.92. The van der Waals surface area contributed by atoms with Crippen molar-refractivity contribution in [3.8, 4) is 17.1 Å². The molecule has 102 valence electrons. The van der Waals surface area contributed by atoms with Gasteiger partial charge in [-0.05, 0) is 39.0 Å². The molecule has 0 radical (unpaired) electrons. The predicted molar refractivity (Wildman–Crippen MR) is 74.7 cm³/mol. The molecule has 0 saturated carbocycles. The van der Waals surface area contributed by atoms with Crippen LogP contribution in [0.4, 0.5) is 6.01 Å². The summed E-state index contributed by atoms with van der Waals surface area (Å²) in [6, 6.07) is 5.64. The molecule has 5 nitrogen and oxygen atoms in total. The van der Waals surface area contributed by atoms with E-state index in [4.69, 9.17) is 20.9 Å². The van der Waals surface area contributed by atoms with Gasteiger partial charge in [0.05, 0.1) is 12.7 Å². The van der Waals surface area contributed by atoms with Gasteiger partial charge in [0.25, 0.3) is 0 Å². The van der Waals surface area contributed by atoms with Crippen LogP contribution in [-0.4, -0.2) is 22.8 Å². The minimum atomic E-state index is -0.145. The van der Waals surface area contributed by atoms with E-state index in [-0.39, 0.29) is 5.54 Å². The molecule has 0 spiro atoms. The number of hydrogen-bond donors (Lipinski definition) is 1. The van der Waals surface area contributed by atoms with Crippen LogP contribution in [0.3, 0.4) is 0 Å². The molecule has 0 unspecified atom stereocenters. The summed E-state index contributed by atoms with van der Waals surface area (Å²) in [5, 5.41) is 7.64. The fraction of sp³-hybridized carbons (Fsp3) is 0.385. The first-order chi connectivity index (χ1) is 8.89. The summed E-state index contributed by atoms with van der Waals surface area (Å²) in [6.07, 6.45) is 0. The minimum absolute atomic E-state index is 0.145. The van der Waals surface area contributed by atoms with Crippen molar-refractivity contribution in [2.45, 2.75) is 26.3 Å². The van der Waals surface area contributed by atoms with Crippen molar-refractivity contribution in [1.82, 2.24) is 10.1 Å². The number of aromatic nitrogens is 2. The molecule has 0 bridgehead atoms. The average molecular weight is 282 g/mol. The Balaban J connectivity index is 2.33. The van der Waals surface area contributed by atoms with Gasteiger partial charge in [-0.15, -0.1) is 0 Å². The van der Waals surface area contributed by atoms with Gasteiger partial charge < -0.3 is 14.6 Å². The molecule has 2 aromatic rings. The number of rotatable bonds is 3. The Morgan fingerprint density at radius 1 is 1.32 bits per heavy atom. The van der Waals surface area contributed by atoms with E-state index in [2.05, 4.69) is 15.5 Å². The van der Waals surface area contributed by atoms with Crippen LogP contribution in [0.1, 0.15) is 20.8 Å². The van der Waals surface area contributed by atoms with Gasteiger partial charge in [-0.2, -0.15) is 4.98 Å². The molecule has 1 aromatic heterocycles. The maximum Gasteiger partial charge on any atom is 0.322 e. The van der Waals surface area contributed by atoms with Crippen molar-refractivity contribution >= 4 is 17.6 Å². The molecule has 0 atom stereocenters. The van der Waals surface area contributed by atoms with Crippen molar-refractivity contribution in [2.75, 3.05) is 12.4 Å². The van der Waals surface area contributed by atoms with E-state index in [1.165, 1.54) is 0 Å². The highest BCUT2D eigenvalue weighted by Crippen LogP contribution is 2.31. The first-order valence-corrected chi connectivity index (χ1v) is 6.22. The third-order valence-corrected chi connectivity index (χ3v) is 2.55. The number of methoxy groups -OCH3 is 1. The van der Waals surface area contributed by atoms with Gasteiger partial charge >= 0.3 is 6.01 Å². The summed E-state index contributed by atoms with van der Waals surface area (Å²) in [4.78, 5) is 4.29. The molecular weight excluding hydrogens is 266 g/mol. The lowest BCUT2D eigenvalue weighted by molar-refractivity contribution is 0.411. The molecule has 0 fully saturated rings. The summed E-state index contributed by atoms with van der Waals surface area (Å²) in [7, 11) is 1.57. The molecule has 6 heteroatoms. The Kier molecular flexibility index (Phi) is 3.66. The third-order valence-electron chi connectivity index (χ3n) is 2.31. The molecule has 1 N–H and O–H groups in total. The van der Waals surface area contributed by atoms with E-state index >= 15 is 0 Å². The van der Waals surface area contributed by atoms with Crippen LogP contribution in [0.2, 0.25) is 5.02 Å².